The van der Waals surface area contributed by atoms with E-state index in [4.69, 9.17) is 11.6 Å². The van der Waals surface area contributed by atoms with Crippen LogP contribution in [0.25, 0.3) is 0 Å². The fourth-order valence-electron chi connectivity index (χ4n) is 2.23. The van der Waals surface area contributed by atoms with Crippen LogP contribution in [0, 0.1) is 0 Å². The molecule has 1 rings (SSSR count). The molecule has 0 fully saturated rings. The van der Waals surface area contributed by atoms with Crippen molar-refractivity contribution in [3.63, 3.8) is 0 Å². The molecule has 1 aromatic rings. The number of benzene rings is 1. The second-order valence-corrected chi connectivity index (χ2v) is 5.32. The van der Waals surface area contributed by atoms with Gasteiger partial charge in [0.15, 0.2) is 0 Å². The molecule has 6 heteroatoms. The van der Waals surface area contributed by atoms with Gasteiger partial charge < -0.3 is 5.32 Å². The van der Waals surface area contributed by atoms with Crippen LogP contribution >= 0.6 is 11.6 Å². The van der Waals surface area contributed by atoms with E-state index < -0.39 is 23.2 Å². The van der Waals surface area contributed by atoms with Crippen molar-refractivity contribution in [2.45, 2.75) is 51.7 Å². The first-order valence-electron chi connectivity index (χ1n) is 6.97. The van der Waals surface area contributed by atoms with E-state index in [1.165, 1.54) is 12.1 Å². The fraction of sp³-hybridized carbons (Fsp3) is 0.533. The zero-order valence-electron chi connectivity index (χ0n) is 12.1. The van der Waals surface area contributed by atoms with E-state index in [1.807, 2.05) is 13.8 Å². The Balaban J connectivity index is 3.06. The third kappa shape index (κ3) is 4.92. The molecule has 0 unspecified atom stereocenters. The van der Waals surface area contributed by atoms with E-state index in [2.05, 4.69) is 5.32 Å². The van der Waals surface area contributed by atoms with E-state index in [9.17, 15) is 18.0 Å². The maximum Gasteiger partial charge on any atom is 0.417 e. The van der Waals surface area contributed by atoms with Crippen LogP contribution in [0.3, 0.4) is 0 Å². The molecule has 0 radical (unpaired) electrons. The van der Waals surface area contributed by atoms with E-state index in [0.29, 0.717) is 0 Å². The largest absolute Gasteiger partial charge is 0.417 e. The smallest absolute Gasteiger partial charge is 0.349 e. The van der Waals surface area contributed by atoms with Crippen molar-refractivity contribution >= 4 is 17.5 Å². The van der Waals surface area contributed by atoms with Crippen LogP contribution in [-0.4, -0.2) is 11.9 Å². The van der Waals surface area contributed by atoms with Gasteiger partial charge in [0.25, 0.3) is 5.91 Å². The second kappa shape index (κ2) is 7.69. The third-order valence-electron chi connectivity index (χ3n) is 3.16. The van der Waals surface area contributed by atoms with Crippen LogP contribution in [0.5, 0.6) is 0 Å². The lowest BCUT2D eigenvalue weighted by molar-refractivity contribution is -0.137. The number of carbonyl (C=O) groups is 1. The van der Waals surface area contributed by atoms with Crippen molar-refractivity contribution in [1.29, 1.82) is 0 Å². The van der Waals surface area contributed by atoms with Gasteiger partial charge in [0.1, 0.15) is 0 Å². The van der Waals surface area contributed by atoms with Crippen molar-refractivity contribution in [3.05, 3.63) is 34.3 Å². The molecule has 0 aromatic heterocycles. The molecule has 0 spiro atoms. The molecule has 1 aromatic carbocycles. The molecule has 1 N–H and O–H groups in total. The van der Waals surface area contributed by atoms with E-state index in [1.54, 1.807) is 0 Å². The Morgan fingerprint density at radius 2 is 1.81 bits per heavy atom. The highest BCUT2D eigenvalue weighted by Gasteiger charge is 2.36. The molecule has 1 amide bonds. The predicted molar refractivity (Wildman–Crippen MR) is 77.5 cm³/mol. The molecule has 0 atom stereocenters. The molecule has 118 valence electrons. The number of amides is 1. The quantitative estimate of drug-likeness (QED) is 0.779. The molecule has 0 aliphatic heterocycles. The molecule has 0 bridgehead atoms. The maximum absolute atomic E-state index is 13.0. The van der Waals surface area contributed by atoms with Gasteiger partial charge in [-0.25, -0.2) is 0 Å². The lowest BCUT2D eigenvalue weighted by Gasteiger charge is -2.20. The van der Waals surface area contributed by atoms with Gasteiger partial charge in [0, 0.05) is 6.04 Å². The Kier molecular flexibility index (Phi) is 6.52. The Labute approximate surface area is 127 Å². The van der Waals surface area contributed by atoms with E-state index >= 15 is 0 Å². The van der Waals surface area contributed by atoms with Crippen LogP contribution in [0.1, 0.15) is 55.5 Å². The number of hydrogen-bond acceptors (Lipinski definition) is 1. The normalized spacial score (nSPS) is 11.8. The predicted octanol–water partition coefficient (Wildman–Crippen LogP) is 5.06. The summed E-state index contributed by atoms with van der Waals surface area (Å²) in [7, 11) is 0. The van der Waals surface area contributed by atoms with Crippen molar-refractivity contribution in [2.24, 2.45) is 0 Å². The fourth-order valence-corrected chi connectivity index (χ4v) is 2.49. The first-order chi connectivity index (χ1) is 9.81. The molecule has 0 saturated heterocycles. The number of nitrogens with one attached hydrogen (secondary N) is 1. The summed E-state index contributed by atoms with van der Waals surface area (Å²) in [5, 5.41) is 2.48. The Morgan fingerprint density at radius 3 is 2.29 bits per heavy atom. The molecular weight excluding hydrogens is 303 g/mol. The molecule has 0 aliphatic rings. The topological polar surface area (TPSA) is 29.1 Å². The monoisotopic (exact) mass is 321 g/mol. The minimum absolute atomic E-state index is 0.134. The van der Waals surface area contributed by atoms with Gasteiger partial charge in [0.05, 0.1) is 16.1 Å². The zero-order valence-corrected chi connectivity index (χ0v) is 12.8. The third-order valence-corrected chi connectivity index (χ3v) is 3.47. The average molecular weight is 322 g/mol. The highest BCUT2D eigenvalue weighted by atomic mass is 35.5. The number of alkyl halides is 3. The minimum atomic E-state index is -4.61. The molecule has 0 aliphatic carbocycles. The van der Waals surface area contributed by atoms with E-state index in [-0.39, 0.29) is 11.1 Å². The van der Waals surface area contributed by atoms with Crippen molar-refractivity contribution in [3.8, 4) is 0 Å². The molecule has 0 heterocycles. The Morgan fingerprint density at radius 1 is 1.24 bits per heavy atom. The maximum atomic E-state index is 13.0. The van der Waals surface area contributed by atoms with Crippen molar-refractivity contribution in [1.82, 2.24) is 5.32 Å². The molecular formula is C15H19ClF3NO. The standard InChI is InChI=1S/C15H19ClF3NO/c1-3-6-10(7-4-2)20-14(21)13-11(15(17,18)19)8-5-9-12(13)16/h5,8-10H,3-4,6-7H2,1-2H3,(H,20,21). The highest BCUT2D eigenvalue weighted by molar-refractivity contribution is 6.34. The number of hydrogen-bond donors (Lipinski definition) is 1. The van der Waals surface area contributed by atoms with Gasteiger partial charge in [-0.05, 0) is 25.0 Å². The number of carbonyl (C=O) groups excluding carboxylic acids is 1. The Hall–Kier alpha value is -1.23. The van der Waals surface area contributed by atoms with Gasteiger partial charge in [-0.2, -0.15) is 13.2 Å². The van der Waals surface area contributed by atoms with Crippen LogP contribution < -0.4 is 5.32 Å². The lowest BCUT2D eigenvalue weighted by Crippen LogP contribution is -2.36. The number of rotatable bonds is 6. The van der Waals surface area contributed by atoms with Crippen molar-refractivity contribution in [2.75, 3.05) is 0 Å². The van der Waals surface area contributed by atoms with E-state index in [0.717, 1.165) is 31.7 Å². The molecule has 2 nitrogen and oxygen atoms in total. The van der Waals surface area contributed by atoms with Gasteiger partial charge in [-0.1, -0.05) is 44.4 Å². The minimum Gasteiger partial charge on any atom is -0.349 e. The summed E-state index contributed by atoms with van der Waals surface area (Å²) in [6, 6.07) is 3.22. The summed E-state index contributed by atoms with van der Waals surface area (Å²) in [5.41, 5.74) is -1.50. The van der Waals surface area contributed by atoms with Crippen molar-refractivity contribution < 1.29 is 18.0 Å². The van der Waals surface area contributed by atoms with Crippen LogP contribution in [-0.2, 0) is 6.18 Å². The SMILES string of the molecule is CCCC(CCC)NC(=O)c1c(Cl)cccc1C(F)(F)F. The summed E-state index contributed by atoms with van der Waals surface area (Å²) in [4.78, 5) is 12.2. The summed E-state index contributed by atoms with van der Waals surface area (Å²) in [5.74, 6) is -0.764. The first kappa shape index (κ1) is 17.8. The average Bonchev–Trinajstić information content (AvgIpc) is 2.37. The summed E-state index contributed by atoms with van der Waals surface area (Å²) < 4.78 is 39.0. The second-order valence-electron chi connectivity index (χ2n) is 4.91. The van der Waals surface area contributed by atoms with Crippen LogP contribution in [0.4, 0.5) is 13.2 Å². The van der Waals surface area contributed by atoms with Crippen LogP contribution in [0.2, 0.25) is 5.02 Å². The zero-order chi connectivity index (χ0) is 16.0. The van der Waals surface area contributed by atoms with Crippen LogP contribution in [0.15, 0.2) is 18.2 Å². The van der Waals surface area contributed by atoms with Gasteiger partial charge >= 0.3 is 6.18 Å². The lowest BCUT2D eigenvalue weighted by atomic mass is 10.0. The molecule has 21 heavy (non-hydrogen) atoms. The Bertz CT molecular complexity index is 482. The summed E-state index contributed by atoms with van der Waals surface area (Å²) in [6.07, 6.45) is -1.46. The van der Waals surface area contributed by atoms with Gasteiger partial charge in [0.2, 0.25) is 0 Å². The number of halogens is 4. The molecule has 0 saturated carbocycles. The van der Waals surface area contributed by atoms with Gasteiger partial charge in [-0.15, -0.1) is 0 Å². The first-order valence-corrected chi connectivity index (χ1v) is 7.35. The summed E-state index contributed by atoms with van der Waals surface area (Å²) >= 11 is 5.81. The summed E-state index contributed by atoms with van der Waals surface area (Å²) in [6.45, 7) is 3.93. The highest BCUT2D eigenvalue weighted by Crippen LogP contribution is 2.35. The van der Waals surface area contributed by atoms with Gasteiger partial charge in [-0.3, -0.25) is 4.79 Å².